The second-order valence-electron chi connectivity index (χ2n) is 3.28. The van der Waals surface area contributed by atoms with Crippen LogP contribution in [0.1, 0.15) is 5.56 Å². The Kier molecular flexibility index (Phi) is 3.51. The molecular formula is C11H7Cl2N5. The average molecular weight is 280 g/mol. The number of benzene rings is 1. The second-order valence-corrected chi connectivity index (χ2v) is 4.06. The molecule has 0 atom stereocenters. The largest absolute Gasteiger partial charge is 0.368 e. The fraction of sp³-hybridized carbons (Fsp3) is 0. The number of anilines is 3. The number of rotatable bonds is 2. The van der Waals surface area contributed by atoms with Gasteiger partial charge in [0.15, 0.2) is 0 Å². The Morgan fingerprint density at radius 1 is 1.17 bits per heavy atom. The number of nitrogens with one attached hydrogen (secondary N) is 1. The van der Waals surface area contributed by atoms with Gasteiger partial charge in [-0.3, -0.25) is 0 Å². The second kappa shape index (κ2) is 5.08. The maximum atomic E-state index is 5.92. The number of nitrogen functional groups attached to an aromatic ring is 1. The van der Waals surface area contributed by atoms with Crippen molar-refractivity contribution in [2.75, 3.05) is 11.1 Å². The summed E-state index contributed by atoms with van der Waals surface area (Å²) in [5.74, 6) is 2.73. The van der Waals surface area contributed by atoms with Crippen molar-refractivity contribution in [3.63, 3.8) is 0 Å². The lowest BCUT2D eigenvalue weighted by Crippen LogP contribution is -2.03. The zero-order valence-electron chi connectivity index (χ0n) is 8.98. The maximum Gasteiger partial charge on any atom is 0.233 e. The molecule has 5 nitrogen and oxygen atoms in total. The van der Waals surface area contributed by atoms with Crippen LogP contribution in [0.4, 0.5) is 17.6 Å². The lowest BCUT2D eigenvalue weighted by Gasteiger charge is -2.06. The quantitative estimate of drug-likeness (QED) is 0.826. The summed E-state index contributed by atoms with van der Waals surface area (Å²) >= 11 is 11.6. The number of nitrogens with zero attached hydrogens (tertiary/aromatic N) is 3. The molecule has 0 spiro atoms. The molecule has 7 heteroatoms. The fourth-order valence-electron chi connectivity index (χ4n) is 1.30. The summed E-state index contributed by atoms with van der Waals surface area (Å²) < 4.78 is 0. The molecule has 18 heavy (non-hydrogen) atoms. The van der Waals surface area contributed by atoms with Gasteiger partial charge in [-0.05, 0) is 29.8 Å². The summed E-state index contributed by atoms with van der Waals surface area (Å²) in [4.78, 5) is 11.4. The van der Waals surface area contributed by atoms with Gasteiger partial charge in [0.1, 0.15) is 0 Å². The summed E-state index contributed by atoms with van der Waals surface area (Å²) in [5, 5.41) is 3.40. The predicted molar refractivity (Wildman–Crippen MR) is 71.9 cm³/mol. The molecule has 1 heterocycles. The van der Waals surface area contributed by atoms with Crippen LogP contribution < -0.4 is 11.1 Å². The van der Waals surface area contributed by atoms with E-state index in [4.69, 9.17) is 35.4 Å². The molecule has 1 aromatic carbocycles. The molecule has 90 valence electrons. The zero-order valence-corrected chi connectivity index (χ0v) is 10.5. The standard InChI is InChI=1S/C11H7Cl2N5/c1-2-6-3-7(12)5-8(4-6)15-11-17-9(13)16-10(14)18-11/h1,3-5H,(H3,14,15,16,17,18). The Balaban J connectivity index is 2.34. The van der Waals surface area contributed by atoms with E-state index in [1.165, 1.54) is 0 Å². The maximum absolute atomic E-state index is 5.92. The first kappa shape index (κ1) is 12.4. The summed E-state index contributed by atoms with van der Waals surface area (Å²) in [7, 11) is 0. The van der Waals surface area contributed by atoms with Gasteiger partial charge in [0.2, 0.25) is 17.2 Å². The van der Waals surface area contributed by atoms with Crippen LogP contribution in [-0.4, -0.2) is 15.0 Å². The Bertz CT molecular complexity index is 616. The molecule has 0 saturated carbocycles. The molecule has 2 rings (SSSR count). The highest BCUT2D eigenvalue weighted by molar-refractivity contribution is 6.31. The molecule has 0 aliphatic carbocycles. The fourth-order valence-corrected chi connectivity index (χ4v) is 1.70. The summed E-state index contributed by atoms with van der Waals surface area (Å²) in [6.07, 6.45) is 5.31. The highest BCUT2D eigenvalue weighted by Gasteiger charge is 2.04. The molecule has 0 bridgehead atoms. The van der Waals surface area contributed by atoms with Crippen molar-refractivity contribution >= 4 is 40.8 Å². The first-order chi connectivity index (χ1) is 8.56. The number of nitrogens with two attached hydrogens (primary N) is 1. The van der Waals surface area contributed by atoms with Crippen LogP contribution in [-0.2, 0) is 0 Å². The smallest absolute Gasteiger partial charge is 0.233 e. The van der Waals surface area contributed by atoms with Gasteiger partial charge in [-0.15, -0.1) is 6.42 Å². The Hall–Kier alpha value is -2.03. The van der Waals surface area contributed by atoms with E-state index < -0.39 is 0 Å². The van der Waals surface area contributed by atoms with Crippen LogP contribution in [0.3, 0.4) is 0 Å². The van der Waals surface area contributed by atoms with E-state index in [2.05, 4.69) is 26.2 Å². The van der Waals surface area contributed by atoms with Crippen LogP contribution >= 0.6 is 23.2 Å². The highest BCUT2D eigenvalue weighted by atomic mass is 35.5. The van der Waals surface area contributed by atoms with Crippen LogP contribution in [0.2, 0.25) is 10.3 Å². The van der Waals surface area contributed by atoms with Crippen molar-refractivity contribution in [2.24, 2.45) is 0 Å². The van der Waals surface area contributed by atoms with E-state index in [-0.39, 0.29) is 17.2 Å². The molecule has 0 fully saturated rings. The molecule has 0 amide bonds. The molecule has 1 aromatic heterocycles. The first-order valence-electron chi connectivity index (χ1n) is 4.78. The average Bonchev–Trinajstić information content (AvgIpc) is 2.26. The van der Waals surface area contributed by atoms with Crippen LogP contribution in [0.25, 0.3) is 0 Å². The SMILES string of the molecule is C#Cc1cc(Cl)cc(Nc2nc(N)nc(Cl)n2)c1. The molecule has 0 aliphatic rings. The third-order valence-electron chi connectivity index (χ3n) is 1.95. The minimum Gasteiger partial charge on any atom is -0.368 e. The summed E-state index contributed by atoms with van der Waals surface area (Å²) in [6.45, 7) is 0. The molecule has 0 aliphatic heterocycles. The molecule has 0 unspecified atom stereocenters. The molecular weight excluding hydrogens is 273 g/mol. The number of aromatic nitrogens is 3. The molecule has 3 N–H and O–H groups in total. The van der Waals surface area contributed by atoms with Crippen molar-refractivity contribution in [2.45, 2.75) is 0 Å². The van der Waals surface area contributed by atoms with E-state index in [1.54, 1.807) is 18.2 Å². The predicted octanol–water partition coefficient (Wildman–Crippen LogP) is 2.49. The van der Waals surface area contributed by atoms with Gasteiger partial charge in [0.25, 0.3) is 0 Å². The van der Waals surface area contributed by atoms with E-state index in [0.717, 1.165) is 0 Å². The third kappa shape index (κ3) is 3.00. The minimum atomic E-state index is 0.00389. The summed E-state index contributed by atoms with van der Waals surface area (Å²) in [5.41, 5.74) is 6.73. The minimum absolute atomic E-state index is 0.00389. The number of hydrogen-bond donors (Lipinski definition) is 2. The van der Waals surface area contributed by atoms with E-state index in [1.807, 2.05) is 0 Å². The number of halogens is 2. The summed E-state index contributed by atoms with van der Waals surface area (Å²) in [6, 6.07) is 5.07. The zero-order chi connectivity index (χ0) is 13.1. The molecule has 0 radical (unpaired) electrons. The number of hydrogen-bond acceptors (Lipinski definition) is 5. The van der Waals surface area contributed by atoms with Gasteiger partial charge >= 0.3 is 0 Å². The van der Waals surface area contributed by atoms with E-state index >= 15 is 0 Å². The van der Waals surface area contributed by atoms with E-state index in [0.29, 0.717) is 16.3 Å². The van der Waals surface area contributed by atoms with Crippen molar-refractivity contribution in [1.29, 1.82) is 0 Å². The Morgan fingerprint density at radius 3 is 2.61 bits per heavy atom. The van der Waals surface area contributed by atoms with Gasteiger partial charge < -0.3 is 11.1 Å². The third-order valence-corrected chi connectivity index (χ3v) is 2.33. The van der Waals surface area contributed by atoms with Crippen molar-refractivity contribution in [3.05, 3.63) is 34.1 Å². The highest BCUT2D eigenvalue weighted by Crippen LogP contribution is 2.21. The monoisotopic (exact) mass is 279 g/mol. The van der Waals surface area contributed by atoms with Gasteiger partial charge in [-0.2, -0.15) is 15.0 Å². The molecule has 2 aromatic rings. The van der Waals surface area contributed by atoms with Gasteiger partial charge in [0.05, 0.1) is 0 Å². The van der Waals surface area contributed by atoms with Gasteiger partial charge in [-0.1, -0.05) is 17.5 Å². The molecule has 0 saturated heterocycles. The number of terminal acetylenes is 1. The Labute approximate surface area is 113 Å². The van der Waals surface area contributed by atoms with Gasteiger partial charge in [-0.25, -0.2) is 0 Å². The normalized spacial score (nSPS) is 9.83. The van der Waals surface area contributed by atoms with Crippen LogP contribution in [0, 0.1) is 12.3 Å². The lowest BCUT2D eigenvalue weighted by molar-refractivity contribution is 1.07. The Morgan fingerprint density at radius 2 is 1.94 bits per heavy atom. The lowest BCUT2D eigenvalue weighted by atomic mass is 10.2. The topological polar surface area (TPSA) is 76.7 Å². The van der Waals surface area contributed by atoms with E-state index in [9.17, 15) is 0 Å². The first-order valence-corrected chi connectivity index (χ1v) is 5.53. The van der Waals surface area contributed by atoms with Crippen molar-refractivity contribution in [3.8, 4) is 12.3 Å². The van der Waals surface area contributed by atoms with Crippen molar-refractivity contribution in [1.82, 2.24) is 15.0 Å². The van der Waals surface area contributed by atoms with Crippen LogP contribution in [0.15, 0.2) is 18.2 Å². The van der Waals surface area contributed by atoms with Crippen molar-refractivity contribution < 1.29 is 0 Å². The van der Waals surface area contributed by atoms with Crippen LogP contribution in [0.5, 0.6) is 0 Å². The van der Waals surface area contributed by atoms with Gasteiger partial charge in [0, 0.05) is 16.3 Å².